The Bertz CT molecular complexity index is 385. The van der Waals surface area contributed by atoms with Crippen LogP contribution in [0.4, 0.5) is 0 Å². The Morgan fingerprint density at radius 2 is 2.21 bits per heavy atom. The number of aliphatic carboxylic acids is 1. The largest absolute Gasteiger partial charge is 0.504 e. The lowest BCUT2D eigenvalue weighted by atomic mass is 10.1. The Morgan fingerprint density at radius 1 is 1.43 bits per heavy atom. The van der Waals surface area contributed by atoms with Crippen LogP contribution in [0.1, 0.15) is 5.56 Å². The first-order valence-corrected chi connectivity index (χ1v) is 4.00. The third-order valence-electron chi connectivity index (χ3n) is 1.94. The molecule has 0 aromatic heterocycles. The van der Waals surface area contributed by atoms with Crippen LogP contribution >= 0.6 is 0 Å². The lowest BCUT2D eigenvalue weighted by Crippen LogP contribution is -2.00. The second-order valence-electron chi connectivity index (χ2n) is 2.88. The average molecular weight is 196 g/mol. The van der Waals surface area contributed by atoms with Crippen LogP contribution < -0.4 is 9.47 Å². The van der Waals surface area contributed by atoms with Crippen molar-refractivity contribution in [1.29, 1.82) is 0 Å². The number of rotatable bonds is 2. The summed E-state index contributed by atoms with van der Waals surface area (Å²) in [5.74, 6) is -0.484. The van der Waals surface area contributed by atoms with E-state index in [4.69, 9.17) is 14.6 Å². The molecule has 1 aromatic carbocycles. The van der Waals surface area contributed by atoms with Gasteiger partial charge in [0.1, 0.15) is 0 Å². The van der Waals surface area contributed by atoms with E-state index in [0.29, 0.717) is 11.3 Å². The summed E-state index contributed by atoms with van der Waals surface area (Å²) in [6.45, 7) is 0.0550. The van der Waals surface area contributed by atoms with Crippen LogP contribution in [0.2, 0.25) is 0 Å². The highest BCUT2D eigenvalue weighted by Gasteiger charge is 2.21. The zero-order valence-corrected chi connectivity index (χ0v) is 7.19. The van der Waals surface area contributed by atoms with Crippen molar-refractivity contribution >= 4 is 5.97 Å². The third kappa shape index (κ3) is 1.32. The summed E-state index contributed by atoms with van der Waals surface area (Å²) in [5.41, 5.74) is 0.321. The lowest BCUT2D eigenvalue weighted by molar-refractivity contribution is -0.136. The number of hydrogen-bond donors (Lipinski definition) is 2. The Hall–Kier alpha value is -1.91. The SMILES string of the molecule is O=C(O)Cc1ccc2c(c1O)OCO2. The van der Waals surface area contributed by atoms with Gasteiger partial charge in [0, 0.05) is 5.56 Å². The van der Waals surface area contributed by atoms with Crippen molar-refractivity contribution in [2.45, 2.75) is 6.42 Å². The Balaban J connectivity index is 2.39. The molecule has 1 aliphatic heterocycles. The highest BCUT2D eigenvalue weighted by atomic mass is 16.7. The first kappa shape index (κ1) is 8.68. The van der Waals surface area contributed by atoms with E-state index in [1.54, 1.807) is 6.07 Å². The summed E-state index contributed by atoms with van der Waals surface area (Å²) in [6, 6.07) is 3.09. The maximum Gasteiger partial charge on any atom is 0.307 e. The first-order valence-electron chi connectivity index (χ1n) is 4.00. The van der Waals surface area contributed by atoms with Crippen molar-refractivity contribution in [1.82, 2.24) is 0 Å². The molecule has 0 bridgehead atoms. The van der Waals surface area contributed by atoms with Gasteiger partial charge in [-0.25, -0.2) is 0 Å². The second kappa shape index (κ2) is 3.10. The van der Waals surface area contributed by atoms with Crippen molar-refractivity contribution in [2.24, 2.45) is 0 Å². The molecule has 0 unspecified atom stereocenters. The first-order chi connectivity index (χ1) is 6.68. The summed E-state index contributed by atoms with van der Waals surface area (Å²) in [5, 5.41) is 18.1. The van der Waals surface area contributed by atoms with Crippen molar-refractivity contribution in [2.75, 3.05) is 6.79 Å². The van der Waals surface area contributed by atoms with E-state index in [1.165, 1.54) is 6.07 Å². The van der Waals surface area contributed by atoms with Gasteiger partial charge >= 0.3 is 5.97 Å². The molecule has 0 fully saturated rings. The van der Waals surface area contributed by atoms with E-state index in [0.717, 1.165) is 0 Å². The second-order valence-corrected chi connectivity index (χ2v) is 2.88. The minimum atomic E-state index is -1.00. The van der Waals surface area contributed by atoms with Crippen molar-refractivity contribution < 1.29 is 24.5 Å². The molecular weight excluding hydrogens is 188 g/mol. The average Bonchev–Trinajstić information content (AvgIpc) is 2.57. The highest BCUT2D eigenvalue weighted by molar-refractivity contribution is 5.72. The summed E-state index contributed by atoms with van der Waals surface area (Å²) in [6.07, 6.45) is -0.234. The molecule has 2 rings (SSSR count). The number of aromatic hydroxyl groups is 1. The molecule has 1 heterocycles. The molecule has 14 heavy (non-hydrogen) atoms. The summed E-state index contributed by atoms with van der Waals surface area (Å²) < 4.78 is 10.00. The van der Waals surface area contributed by atoms with E-state index in [1.807, 2.05) is 0 Å². The molecule has 0 atom stereocenters. The van der Waals surface area contributed by atoms with E-state index < -0.39 is 5.97 Å². The molecular formula is C9H8O5. The van der Waals surface area contributed by atoms with E-state index in [9.17, 15) is 9.90 Å². The maximum atomic E-state index is 10.4. The van der Waals surface area contributed by atoms with Gasteiger partial charge in [0.25, 0.3) is 0 Å². The normalized spacial score (nSPS) is 12.9. The van der Waals surface area contributed by atoms with Crippen LogP contribution in [0.5, 0.6) is 17.2 Å². The Labute approximate surface area is 79.5 Å². The minimum Gasteiger partial charge on any atom is -0.504 e. The number of carboxylic acid groups (broad SMARTS) is 1. The molecule has 0 aliphatic carbocycles. The van der Waals surface area contributed by atoms with Crippen LogP contribution in [-0.4, -0.2) is 23.0 Å². The third-order valence-corrected chi connectivity index (χ3v) is 1.94. The predicted molar refractivity (Wildman–Crippen MR) is 45.6 cm³/mol. The molecule has 1 aliphatic rings. The highest BCUT2D eigenvalue weighted by Crippen LogP contribution is 2.42. The van der Waals surface area contributed by atoms with Gasteiger partial charge < -0.3 is 19.7 Å². The van der Waals surface area contributed by atoms with Crippen molar-refractivity contribution in [3.8, 4) is 17.2 Å². The fraction of sp³-hybridized carbons (Fsp3) is 0.222. The number of benzene rings is 1. The monoisotopic (exact) mass is 196 g/mol. The number of phenolic OH excluding ortho intramolecular Hbond substituents is 1. The standard InChI is InChI=1S/C9H8O5/c10-7(11)3-5-1-2-6-9(8(5)12)14-4-13-6/h1-2,12H,3-4H2,(H,10,11). The predicted octanol–water partition coefficient (Wildman–Crippen LogP) is 0.748. The molecule has 0 amide bonds. The molecule has 5 nitrogen and oxygen atoms in total. The lowest BCUT2D eigenvalue weighted by Gasteiger charge is -2.04. The number of hydrogen-bond acceptors (Lipinski definition) is 4. The molecule has 1 aromatic rings. The van der Waals surface area contributed by atoms with Crippen molar-refractivity contribution in [3.05, 3.63) is 17.7 Å². The molecule has 74 valence electrons. The van der Waals surface area contributed by atoms with Gasteiger partial charge in [-0.2, -0.15) is 0 Å². The summed E-state index contributed by atoms with van der Waals surface area (Å²) >= 11 is 0. The van der Waals surface area contributed by atoms with Crippen LogP contribution in [0.25, 0.3) is 0 Å². The smallest absolute Gasteiger partial charge is 0.307 e. The molecule has 2 N–H and O–H groups in total. The van der Waals surface area contributed by atoms with Crippen LogP contribution in [0.15, 0.2) is 12.1 Å². The van der Waals surface area contributed by atoms with Crippen LogP contribution in [-0.2, 0) is 11.2 Å². The van der Waals surface area contributed by atoms with Crippen LogP contribution in [0.3, 0.4) is 0 Å². The van der Waals surface area contributed by atoms with Gasteiger partial charge in [-0.3, -0.25) is 4.79 Å². The quantitative estimate of drug-likeness (QED) is 0.729. The molecule has 5 heteroatoms. The molecule has 0 spiro atoms. The van der Waals surface area contributed by atoms with Gasteiger partial charge in [0.05, 0.1) is 6.42 Å². The number of carboxylic acids is 1. The number of fused-ring (bicyclic) bond motifs is 1. The number of phenols is 1. The van der Waals surface area contributed by atoms with E-state index in [-0.39, 0.29) is 24.7 Å². The molecule has 0 saturated carbocycles. The molecule has 0 radical (unpaired) electrons. The van der Waals surface area contributed by atoms with Crippen LogP contribution in [0, 0.1) is 0 Å². The fourth-order valence-corrected chi connectivity index (χ4v) is 1.30. The summed E-state index contributed by atoms with van der Waals surface area (Å²) in [4.78, 5) is 10.4. The van der Waals surface area contributed by atoms with E-state index >= 15 is 0 Å². The van der Waals surface area contributed by atoms with Gasteiger partial charge in [-0.1, -0.05) is 6.07 Å². The minimum absolute atomic E-state index is 0.0550. The van der Waals surface area contributed by atoms with Gasteiger partial charge in [0.15, 0.2) is 11.5 Å². The van der Waals surface area contributed by atoms with Gasteiger partial charge in [-0.15, -0.1) is 0 Å². The van der Waals surface area contributed by atoms with Gasteiger partial charge in [0.2, 0.25) is 12.5 Å². The zero-order valence-electron chi connectivity index (χ0n) is 7.19. The maximum absolute atomic E-state index is 10.4. The Morgan fingerprint density at radius 3 is 2.93 bits per heavy atom. The number of ether oxygens (including phenoxy) is 2. The zero-order chi connectivity index (χ0) is 10.1. The summed E-state index contributed by atoms with van der Waals surface area (Å²) in [7, 11) is 0. The van der Waals surface area contributed by atoms with E-state index in [2.05, 4.69) is 0 Å². The topological polar surface area (TPSA) is 76.0 Å². The van der Waals surface area contributed by atoms with Crippen molar-refractivity contribution in [3.63, 3.8) is 0 Å². The Kier molecular flexibility index (Phi) is 1.92. The fourth-order valence-electron chi connectivity index (χ4n) is 1.30. The number of carbonyl (C=O) groups is 1. The van der Waals surface area contributed by atoms with Gasteiger partial charge in [-0.05, 0) is 6.07 Å². The molecule has 0 saturated heterocycles.